The molecule has 140 valence electrons. The number of nitrogens with one attached hydrogen (secondary N) is 1. The predicted octanol–water partition coefficient (Wildman–Crippen LogP) is 5.86. The van der Waals surface area contributed by atoms with Gasteiger partial charge in [0.2, 0.25) is 0 Å². The molecule has 0 saturated carbocycles. The summed E-state index contributed by atoms with van der Waals surface area (Å²) in [7, 11) is 0. The van der Waals surface area contributed by atoms with Crippen LogP contribution in [0.1, 0.15) is 0 Å². The summed E-state index contributed by atoms with van der Waals surface area (Å²) in [6.45, 7) is 0. The highest BCUT2D eigenvalue weighted by Crippen LogP contribution is 2.34. The monoisotopic (exact) mass is 415 g/mol. The molecule has 29 heavy (non-hydrogen) atoms. The highest BCUT2D eigenvalue weighted by atomic mass is 35.5. The normalized spacial score (nSPS) is 11.1. The first-order valence-electron chi connectivity index (χ1n) is 8.96. The first-order valence-corrected chi connectivity index (χ1v) is 9.75. The number of aromatic nitrogens is 5. The van der Waals surface area contributed by atoms with E-state index in [1.807, 2.05) is 77.4 Å². The van der Waals surface area contributed by atoms with Gasteiger partial charge >= 0.3 is 0 Å². The summed E-state index contributed by atoms with van der Waals surface area (Å²) in [6.07, 6.45) is 1.74. The van der Waals surface area contributed by atoms with Crippen LogP contribution in [0.15, 0.2) is 79.0 Å². The van der Waals surface area contributed by atoms with Gasteiger partial charge in [-0.15, -0.1) is 0 Å². The van der Waals surface area contributed by atoms with E-state index in [0.29, 0.717) is 21.3 Å². The first kappa shape index (κ1) is 17.7. The molecule has 0 atom stereocenters. The Morgan fingerprint density at radius 3 is 2.55 bits per heavy atom. The van der Waals surface area contributed by atoms with Crippen molar-refractivity contribution < 1.29 is 0 Å². The molecule has 3 aromatic heterocycles. The summed E-state index contributed by atoms with van der Waals surface area (Å²) in [5.74, 6) is 0.639. The molecule has 1 N–H and O–H groups in total. The molecule has 5 nitrogen and oxygen atoms in total. The van der Waals surface area contributed by atoms with Crippen LogP contribution in [0.5, 0.6) is 0 Å². The number of halogens is 1. The Labute approximate surface area is 176 Å². The third-order valence-electron chi connectivity index (χ3n) is 4.64. The second kappa shape index (κ2) is 7.24. The van der Waals surface area contributed by atoms with Crippen molar-refractivity contribution in [1.82, 2.24) is 24.7 Å². The lowest BCUT2D eigenvalue weighted by Gasteiger charge is -2.13. The molecule has 0 unspecified atom stereocenters. The molecule has 5 rings (SSSR count). The van der Waals surface area contributed by atoms with Crippen LogP contribution < -0.4 is 0 Å². The van der Waals surface area contributed by atoms with Gasteiger partial charge in [0.05, 0.1) is 16.4 Å². The van der Waals surface area contributed by atoms with Crippen molar-refractivity contribution in [2.24, 2.45) is 0 Å². The highest BCUT2D eigenvalue weighted by molar-refractivity contribution is 7.71. The van der Waals surface area contributed by atoms with Gasteiger partial charge in [-0.25, -0.2) is 9.97 Å². The van der Waals surface area contributed by atoms with Gasteiger partial charge in [-0.05, 0) is 42.5 Å². The van der Waals surface area contributed by atoms with E-state index in [0.717, 1.165) is 27.9 Å². The number of hydrogen-bond donors (Lipinski definition) is 1. The number of H-pyrrole nitrogens is 1. The number of rotatable bonds is 3. The van der Waals surface area contributed by atoms with Crippen molar-refractivity contribution in [2.75, 3.05) is 0 Å². The third-order valence-corrected chi connectivity index (χ3v) is 5.24. The van der Waals surface area contributed by atoms with Crippen LogP contribution in [0.4, 0.5) is 0 Å². The Balaban J connectivity index is 1.85. The summed E-state index contributed by atoms with van der Waals surface area (Å²) in [5, 5.41) is 8.93. The lowest BCUT2D eigenvalue weighted by molar-refractivity contribution is 1.04. The fourth-order valence-electron chi connectivity index (χ4n) is 3.33. The van der Waals surface area contributed by atoms with E-state index < -0.39 is 0 Å². The zero-order valence-electron chi connectivity index (χ0n) is 15.1. The number of fused-ring (bicyclic) bond motifs is 1. The lowest BCUT2D eigenvalue weighted by atomic mass is 10.0. The van der Waals surface area contributed by atoms with Gasteiger partial charge in [0.25, 0.3) is 0 Å². The molecule has 0 fully saturated rings. The van der Waals surface area contributed by atoms with E-state index in [1.165, 1.54) is 0 Å². The second-order valence-electron chi connectivity index (χ2n) is 6.44. The molecule has 3 heterocycles. The molecule has 2 aromatic carbocycles. The maximum atomic E-state index is 6.46. The maximum Gasteiger partial charge on any atom is 0.200 e. The van der Waals surface area contributed by atoms with E-state index in [2.05, 4.69) is 15.2 Å². The lowest BCUT2D eigenvalue weighted by Crippen LogP contribution is -2.01. The van der Waals surface area contributed by atoms with Crippen LogP contribution in [0.2, 0.25) is 5.02 Å². The molecule has 0 amide bonds. The van der Waals surface area contributed by atoms with Crippen LogP contribution in [-0.2, 0) is 0 Å². The highest BCUT2D eigenvalue weighted by Gasteiger charge is 2.19. The number of para-hydroxylation sites is 1. The minimum Gasteiger partial charge on any atom is -0.267 e. The number of nitrogens with zero attached hydrogens (tertiary/aromatic N) is 4. The van der Waals surface area contributed by atoms with Crippen LogP contribution >= 0.6 is 23.8 Å². The molecule has 0 aliphatic carbocycles. The average molecular weight is 416 g/mol. The van der Waals surface area contributed by atoms with E-state index in [1.54, 1.807) is 6.20 Å². The smallest absolute Gasteiger partial charge is 0.200 e. The fourth-order valence-corrected chi connectivity index (χ4v) is 3.78. The largest absolute Gasteiger partial charge is 0.267 e. The molecule has 0 aliphatic heterocycles. The zero-order chi connectivity index (χ0) is 19.8. The molecule has 0 aliphatic rings. The van der Waals surface area contributed by atoms with Gasteiger partial charge < -0.3 is 0 Å². The van der Waals surface area contributed by atoms with Crippen molar-refractivity contribution in [2.45, 2.75) is 0 Å². The van der Waals surface area contributed by atoms with Crippen molar-refractivity contribution >= 4 is 34.9 Å². The number of hydrogen-bond acceptors (Lipinski definition) is 4. The average Bonchev–Trinajstić information content (AvgIpc) is 3.15. The van der Waals surface area contributed by atoms with Gasteiger partial charge in [0.1, 0.15) is 0 Å². The summed E-state index contributed by atoms with van der Waals surface area (Å²) in [5.41, 5.74) is 4.01. The standard InChI is InChI=1S/C22H14ClN5S/c23-17-10-4-5-11-18(17)28-21(26-27-22(28)29)16-13-15-9-6-12-24-20(15)25-19(16)14-7-2-1-3-8-14/h1-13H,(H,27,29). The minimum atomic E-state index is 0.457. The molecular weight excluding hydrogens is 402 g/mol. The summed E-state index contributed by atoms with van der Waals surface area (Å²) in [4.78, 5) is 9.26. The minimum absolute atomic E-state index is 0.457. The Morgan fingerprint density at radius 2 is 1.72 bits per heavy atom. The molecule has 7 heteroatoms. The molecule has 0 saturated heterocycles. The van der Waals surface area contributed by atoms with Crippen LogP contribution in [0, 0.1) is 4.77 Å². The van der Waals surface area contributed by atoms with E-state index in [9.17, 15) is 0 Å². The Bertz CT molecular complexity index is 1390. The van der Waals surface area contributed by atoms with Crippen molar-refractivity contribution in [1.29, 1.82) is 0 Å². The predicted molar refractivity (Wildman–Crippen MR) is 118 cm³/mol. The Morgan fingerprint density at radius 1 is 0.931 bits per heavy atom. The van der Waals surface area contributed by atoms with E-state index >= 15 is 0 Å². The van der Waals surface area contributed by atoms with Gasteiger partial charge in [0, 0.05) is 22.7 Å². The van der Waals surface area contributed by atoms with Crippen molar-refractivity contribution in [3.8, 4) is 28.3 Å². The van der Waals surface area contributed by atoms with Crippen LogP contribution in [0.25, 0.3) is 39.4 Å². The molecule has 0 spiro atoms. The fraction of sp³-hybridized carbons (Fsp3) is 0. The molecular formula is C22H14ClN5S. The van der Waals surface area contributed by atoms with Gasteiger partial charge in [-0.1, -0.05) is 54.1 Å². The quantitative estimate of drug-likeness (QED) is 0.375. The van der Waals surface area contributed by atoms with Crippen LogP contribution in [0.3, 0.4) is 0 Å². The first-order chi connectivity index (χ1) is 14.2. The number of benzene rings is 2. The summed E-state index contributed by atoms with van der Waals surface area (Å²) >= 11 is 12.0. The number of aromatic amines is 1. The molecule has 0 radical (unpaired) electrons. The van der Waals surface area contributed by atoms with E-state index in [-0.39, 0.29) is 0 Å². The van der Waals surface area contributed by atoms with E-state index in [4.69, 9.17) is 28.8 Å². The zero-order valence-corrected chi connectivity index (χ0v) is 16.7. The SMILES string of the molecule is S=c1[nH]nc(-c2cc3cccnc3nc2-c2ccccc2)n1-c1ccccc1Cl. The maximum absolute atomic E-state index is 6.46. The van der Waals surface area contributed by atoms with Gasteiger partial charge in [-0.3, -0.25) is 9.67 Å². The number of pyridine rings is 2. The molecule has 0 bridgehead atoms. The Kier molecular flexibility index (Phi) is 4.42. The second-order valence-corrected chi connectivity index (χ2v) is 7.23. The molecule has 5 aromatic rings. The topological polar surface area (TPSA) is 59.4 Å². The Hall–Kier alpha value is -3.35. The van der Waals surface area contributed by atoms with Crippen molar-refractivity contribution in [3.05, 3.63) is 88.8 Å². The van der Waals surface area contributed by atoms with Crippen LogP contribution in [-0.4, -0.2) is 24.7 Å². The summed E-state index contributed by atoms with van der Waals surface area (Å²) in [6, 6.07) is 23.4. The van der Waals surface area contributed by atoms with Gasteiger partial charge in [0.15, 0.2) is 16.2 Å². The van der Waals surface area contributed by atoms with Gasteiger partial charge in [-0.2, -0.15) is 5.10 Å². The van der Waals surface area contributed by atoms with Crippen molar-refractivity contribution in [3.63, 3.8) is 0 Å². The third kappa shape index (κ3) is 3.12. The summed E-state index contributed by atoms with van der Waals surface area (Å²) < 4.78 is 2.29.